The second-order valence-electron chi connectivity index (χ2n) is 4.39. The predicted octanol–water partition coefficient (Wildman–Crippen LogP) is 3.57. The van der Waals surface area contributed by atoms with Crippen LogP contribution in [0.1, 0.15) is 17.3 Å². The van der Waals surface area contributed by atoms with Crippen LogP contribution in [0.5, 0.6) is 0 Å². The van der Waals surface area contributed by atoms with Gasteiger partial charge in [0.2, 0.25) is 11.0 Å². The van der Waals surface area contributed by atoms with E-state index in [2.05, 4.69) is 44.7 Å². The molecule has 8 heteroatoms. The van der Waals surface area contributed by atoms with Crippen LogP contribution in [0, 0.1) is 13.8 Å². The molecule has 0 fully saturated rings. The minimum atomic E-state index is 0.597. The van der Waals surface area contributed by atoms with Crippen LogP contribution < -0.4 is 5.32 Å². The number of hydrogen-bond acceptors (Lipinski definition) is 8. The van der Waals surface area contributed by atoms with Crippen LogP contribution in [0.4, 0.5) is 10.8 Å². The number of thioether (sulfide) groups is 1. The minimum Gasteiger partial charge on any atom is -0.338 e. The van der Waals surface area contributed by atoms with Gasteiger partial charge in [-0.3, -0.25) is 0 Å². The molecule has 2 heterocycles. The van der Waals surface area contributed by atoms with Crippen LogP contribution in [-0.4, -0.2) is 20.3 Å². The fraction of sp³-hybridized carbons (Fsp3) is 0.231. The Kier molecular flexibility index (Phi) is 4.16. The molecule has 6 nitrogen and oxygen atoms in total. The zero-order valence-corrected chi connectivity index (χ0v) is 13.2. The van der Waals surface area contributed by atoms with E-state index < -0.39 is 0 Å². The van der Waals surface area contributed by atoms with Crippen LogP contribution in [0.2, 0.25) is 0 Å². The molecule has 0 aliphatic heterocycles. The lowest BCUT2D eigenvalue weighted by Gasteiger charge is -2.01. The van der Waals surface area contributed by atoms with E-state index >= 15 is 0 Å². The van der Waals surface area contributed by atoms with Crippen molar-refractivity contribution in [2.45, 2.75) is 23.9 Å². The first-order valence-corrected chi connectivity index (χ1v) is 8.08. The molecule has 2 aromatic heterocycles. The first-order valence-electron chi connectivity index (χ1n) is 6.28. The van der Waals surface area contributed by atoms with Crippen molar-refractivity contribution in [3.63, 3.8) is 0 Å². The molecule has 0 aliphatic rings. The molecule has 1 aromatic carbocycles. The number of nitrogens with one attached hydrogen (secondary N) is 1. The molecular formula is C13H13N5OS2. The summed E-state index contributed by atoms with van der Waals surface area (Å²) in [4.78, 5) is 4.15. The molecule has 0 bridgehead atoms. The van der Waals surface area contributed by atoms with E-state index in [4.69, 9.17) is 4.52 Å². The molecule has 0 spiro atoms. The van der Waals surface area contributed by atoms with Gasteiger partial charge >= 0.3 is 0 Å². The van der Waals surface area contributed by atoms with Crippen LogP contribution in [-0.2, 0) is 5.75 Å². The summed E-state index contributed by atoms with van der Waals surface area (Å²) in [5, 5.41) is 16.0. The van der Waals surface area contributed by atoms with Gasteiger partial charge in [0.15, 0.2) is 10.2 Å². The third-order valence-electron chi connectivity index (χ3n) is 2.56. The van der Waals surface area contributed by atoms with Gasteiger partial charge < -0.3 is 9.84 Å². The number of anilines is 2. The van der Waals surface area contributed by atoms with Crippen molar-refractivity contribution < 1.29 is 4.52 Å². The highest BCUT2D eigenvalue weighted by Gasteiger charge is 2.08. The molecule has 0 saturated carbocycles. The summed E-state index contributed by atoms with van der Waals surface area (Å²) >= 11 is 3.03. The van der Waals surface area contributed by atoms with E-state index in [-0.39, 0.29) is 0 Å². The Morgan fingerprint density at radius 1 is 1.29 bits per heavy atom. The number of aryl methyl sites for hydroxylation is 2. The molecule has 0 saturated heterocycles. The second-order valence-corrected chi connectivity index (χ2v) is 6.59. The normalized spacial score (nSPS) is 10.8. The summed E-state index contributed by atoms with van der Waals surface area (Å²) < 4.78 is 5.92. The van der Waals surface area contributed by atoms with Crippen molar-refractivity contribution in [2.75, 3.05) is 5.32 Å². The minimum absolute atomic E-state index is 0.597. The third kappa shape index (κ3) is 3.79. The van der Waals surface area contributed by atoms with Crippen molar-refractivity contribution in [1.82, 2.24) is 20.3 Å². The quantitative estimate of drug-likeness (QED) is 0.720. The smallest absolute Gasteiger partial charge is 0.237 e. The lowest BCUT2D eigenvalue weighted by atomic mass is 10.2. The van der Waals surface area contributed by atoms with Crippen molar-refractivity contribution in [3.05, 3.63) is 41.5 Å². The van der Waals surface area contributed by atoms with Gasteiger partial charge in [-0.15, -0.1) is 10.2 Å². The maximum Gasteiger partial charge on any atom is 0.237 e. The van der Waals surface area contributed by atoms with Gasteiger partial charge in [0.25, 0.3) is 0 Å². The maximum absolute atomic E-state index is 5.06. The highest BCUT2D eigenvalue weighted by Crippen LogP contribution is 2.29. The average molecular weight is 319 g/mol. The molecule has 0 aliphatic carbocycles. The van der Waals surface area contributed by atoms with Gasteiger partial charge in [0.05, 0.1) is 5.75 Å². The molecule has 1 N–H and O–H groups in total. The van der Waals surface area contributed by atoms with Gasteiger partial charge in [-0.25, -0.2) is 0 Å². The zero-order chi connectivity index (χ0) is 14.7. The molecular weight excluding hydrogens is 306 g/mol. The first-order chi connectivity index (χ1) is 10.2. The van der Waals surface area contributed by atoms with Crippen molar-refractivity contribution in [2.24, 2.45) is 0 Å². The summed E-state index contributed by atoms with van der Waals surface area (Å²) in [6.45, 7) is 3.85. The fourth-order valence-corrected chi connectivity index (χ4v) is 3.30. The lowest BCUT2D eigenvalue weighted by molar-refractivity contribution is 0.387. The summed E-state index contributed by atoms with van der Waals surface area (Å²) in [5.74, 6) is 1.84. The van der Waals surface area contributed by atoms with Crippen LogP contribution in [0.3, 0.4) is 0 Å². The Bertz CT molecular complexity index is 740. The fourth-order valence-electron chi connectivity index (χ4n) is 1.69. The molecule has 21 heavy (non-hydrogen) atoms. The number of hydrogen-bond donors (Lipinski definition) is 1. The van der Waals surface area contributed by atoms with Gasteiger partial charge in [0.1, 0.15) is 0 Å². The Balaban J connectivity index is 1.61. The third-order valence-corrected chi connectivity index (χ3v) is 4.52. The second kappa shape index (κ2) is 6.23. The van der Waals surface area contributed by atoms with Crippen LogP contribution >= 0.6 is 23.1 Å². The van der Waals surface area contributed by atoms with E-state index in [9.17, 15) is 0 Å². The van der Waals surface area contributed by atoms with Gasteiger partial charge in [-0.1, -0.05) is 40.4 Å². The highest BCUT2D eigenvalue weighted by atomic mass is 32.2. The van der Waals surface area contributed by atoms with Crippen LogP contribution in [0.15, 0.2) is 33.1 Å². The Labute approximate surface area is 130 Å². The zero-order valence-electron chi connectivity index (χ0n) is 11.5. The van der Waals surface area contributed by atoms with Crippen molar-refractivity contribution in [3.8, 4) is 0 Å². The molecule has 0 atom stereocenters. The maximum atomic E-state index is 5.06. The highest BCUT2D eigenvalue weighted by molar-refractivity contribution is 8.00. The van der Waals surface area contributed by atoms with E-state index in [0.717, 1.165) is 15.2 Å². The number of aromatic nitrogens is 4. The standard InChI is InChI=1S/C13H13N5OS2/c1-8-4-3-5-10(6-8)15-12-16-17-13(21-12)20-7-11-14-9(2)18-19-11/h3-6H,7H2,1-2H3,(H,15,16). The SMILES string of the molecule is Cc1cccc(Nc2nnc(SCc3nc(C)no3)s2)c1. The summed E-state index contributed by atoms with van der Waals surface area (Å²) in [6, 6.07) is 8.13. The molecule has 108 valence electrons. The molecule has 0 unspecified atom stereocenters. The van der Waals surface area contributed by atoms with Gasteiger partial charge in [-0.2, -0.15) is 4.98 Å². The average Bonchev–Trinajstić information content (AvgIpc) is 3.06. The summed E-state index contributed by atoms with van der Waals surface area (Å²) in [6.07, 6.45) is 0. The van der Waals surface area contributed by atoms with Crippen LogP contribution in [0.25, 0.3) is 0 Å². The predicted molar refractivity (Wildman–Crippen MR) is 83.0 cm³/mol. The Morgan fingerprint density at radius 3 is 2.95 bits per heavy atom. The van der Waals surface area contributed by atoms with Crippen molar-refractivity contribution >= 4 is 33.9 Å². The summed E-state index contributed by atoms with van der Waals surface area (Å²) in [7, 11) is 0. The van der Waals surface area contributed by atoms with E-state index in [0.29, 0.717) is 17.5 Å². The van der Waals surface area contributed by atoms with Gasteiger partial charge in [0, 0.05) is 5.69 Å². The van der Waals surface area contributed by atoms with Gasteiger partial charge in [-0.05, 0) is 31.5 Å². The largest absolute Gasteiger partial charge is 0.338 e. The number of rotatable bonds is 5. The van der Waals surface area contributed by atoms with E-state index in [1.165, 1.54) is 28.7 Å². The molecule has 0 radical (unpaired) electrons. The number of benzene rings is 1. The molecule has 3 aromatic rings. The Morgan fingerprint density at radius 2 is 2.19 bits per heavy atom. The number of nitrogens with zero attached hydrogens (tertiary/aromatic N) is 4. The lowest BCUT2D eigenvalue weighted by Crippen LogP contribution is -1.89. The first kappa shape index (κ1) is 14.0. The van der Waals surface area contributed by atoms with E-state index in [1.54, 1.807) is 6.92 Å². The van der Waals surface area contributed by atoms with E-state index in [1.807, 2.05) is 12.1 Å². The summed E-state index contributed by atoms with van der Waals surface area (Å²) in [5.41, 5.74) is 2.21. The molecule has 3 rings (SSSR count). The monoisotopic (exact) mass is 319 g/mol. The Hall–Kier alpha value is -1.93. The molecule has 0 amide bonds. The topological polar surface area (TPSA) is 76.7 Å². The van der Waals surface area contributed by atoms with Crippen molar-refractivity contribution in [1.29, 1.82) is 0 Å².